The standard InChI is InChI=1S/C16H20N2OS/c17-14-3-1-4-15(11-14)19-9-2-7-18-8-5-16-13(12-18)6-10-20-16/h1,3-4,6,10-11H,2,5,7-9,12,17H2. The van der Waals surface area contributed by atoms with E-state index < -0.39 is 0 Å². The Bertz CT molecular complexity index is 567. The van der Waals surface area contributed by atoms with Gasteiger partial charge in [0.15, 0.2) is 0 Å². The van der Waals surface area contributed by atoms with Crippen LogP contribution in [0.5, 0.6) is 5.75 Å². The van der Waals surface area contributed by atoms with E-state index in [9.17, 15) is 0 Å². The van der Waals surface area contributed by atoms with Gasteiger partial charge in [-0.05, 0) is 42.0 Å². The van der Waals surface area contributed by atoms with E-state index in [4.69, 9.17) is 10.5 Å². The largest absolute Gasteiger partial charge is 0.493 e. The lowest BCUT2D eigenvalue weighted by Gasteiger charge is -2.26. The molecule has 1 aromatic heterocycles. The maximum absolute atomic E-state index is 5.73. The molecule has 2 aromatic rings. The van der Waals surface area contributed by atoms with Crippen LogP contribution in [-0.4, -0.2) is 24.6 Å². The van der Waals surface area contributed by atoms with Gasteiger partial charge in [0.25, 0.3) is 0 Å². The zero-order valence-electron chi connectivity index (χ0n) is 11.5. The highest BCUT2D eigenvalue weighted by atomic mass is 32.1. The second kappa shape index (κ2) is 6.29. The van der Waals surface area contributed by atoms with Crippen LogP contribution < -0.4 is 10.5 Å². The fourth-order valence-corrected chi connectivity index (χ4v) is 3.47. The van der Waals surface area contributed by atoms with Crippen molar-refractivity contribution in [3.63, 3.8) is 0 Å². The summed E-state index contributed by atoms with van der Waals surface area (Å²) in [6.07, 6.45) is 2.25. The molecule has 0 saturated heterocycles. The molecule has 106 valence electrons. The Balaban J connectivity index is 1.41. The zero-order chi connectivity index (χ0) is 13.8. The van der Waals surface area contributed by atoms with Gasteiger partial charge in [-0.15, -0.1) is 11.3 Å². The molecule has 0 atom stereocenters. The lowest BCUT2D eigenvalue weighted by Crippen LogP contribution is -2.31. The number of rotatable bonds is 5. The highest BCUT2D eigenvalue weighted by Crippen LogP contribution is 2.24. The van der Waals surface area contributed by atoms with Gasteiger partial charge >= 0.3 is 0 Å². The van der Waals surface area contributed by atoms with Crippen molar-refractivity contribution in [1.29, 1.82) is 0 Å². The molecule has 3 nitrogen and oxygen atoms in total. The van der Waals surface area contributed by atoms with Gasteiger partial charge in [-0.1, -0.05) is 6.07 Å². The molecular formula is C16H20N2OS. The predicted octanol–water partition coefficient (Wildman–Crippen LogP) is 3.16. The van der Waals surface area contributed by atoms with Crippen LogP contribution in [0.3, 0.4) is 0 Å². The van der Waals surface area contributed by atoms with Gasteiger partial charge < -0.3 is 10.5 Å². The molecule has 20 heavy (non-hydrogen) atoms. The summed E-state index contributed by atoms with van der Waals surface area (Å²) < 4.78 is 5.73. The van der Waals surface area contributed by atoms with Crippen LogP contribution in [0, 0.1) is 0 Å². The lowest BCUT2D eigenvalue weighted by atomic mass is 10.1. The summed E-state index contributed by atoms with van der Waals surface area (Å²) in [5, 5.41) is 2.21. The smallest absolute Gasteiger partial charge is 0.121 e. The summed E-state index contributed by atoms with van der Waals surface area (Å²) in [4.78, 5) is 4.08. The zero-order valence-corrected chi connectivity index (χ0v) is 12.4. The van der Waals surface area contributed by atoms with E-state index >= 15 is 0 Å². The average Bonchev–Trinajstić information content (AvgIpc) is 2.91. The van der Waals surface area contributed by atoms with Gasteiger partial charge in [0.05, 0.1) is 6.61 Å². The van der Waals surface area contributed by atoms with Crippen LogP contribution in [0.4, 0.5) is 5.69 Å². The van der Waals surface area contributed by atoms with Crippen molar-refractivity contribution in [1.82, 2.24) is 4.90 Å². The van der Waals surface area contributed by atoms with Crippen molar-refractivity contribution < 1.29 is 4.74 Å². The highest BCUT2D eigenvalue weighted by Gasteiger charge is 2.16. The highest BCUT2D eigenvalue weighted by molar-refractivity contribution is 7.10. The number of nitrogen functional groups attached to an aromatic ring is 1. The Hall–Kier alpha value is -1.52. The van der Waals surface area contributed by atoms with Gasteiger partial charge in [0, 0.05) is 36.3 Å². The van der Waals surface area contributed by atoms with Crippen LogP contribution >= 0.6 is 11.3 Å². The third kappa shape index (κ3) is 3.32. The molecule has 0 aliphatic carbocycles. The minimum atomic E-state index is 0.746. The number of fused-ring (bicyclic) bond motifs is 1. The third-order valence-corrected chi connectivity index (χ3v) is 4.66. The monoisotopic (exact) mass is 288 g/mol. The second-order valence-corrected chi connectivity index (χ2v) is 6.17. The lowest BCUT2D eigenvalue weighted by molar-refractivity contribution is 0.222. The van der Waals surface area contributed by atoms with Crippen LogP contribution in [0.2, 0.25) is 0 Å². The summed E-state index contributed by atoms with van der Waals surface area (Å²) >= 11 is 1.89. The molecule has 2 heterocycles. The molecule has 1 aromatic carbocycles. The average molecular weight is 288 g/mol. The summed E-state index contributed by atoms with van der Waals surface area (Å²) in [5.74, 6) is 0.865. The maximum atomic E-state index is 5.73. The SMILES string of the molecule is Nc1cccc(OCCCN2CCc3sccc3C2)c1. The molecule has 0 saturated carbocycles. The molecule has 0 bridgehead atoms. The van der Waals surface area contributed by atoms with Crippen molar-refractivity contribution in [2.45, 2.75) is 19.4 Å². The predicted molar refractivity (Wildman–Crippen MR) is 84.3 cm³/mol. The van der Waals surface area contributed by atoms with Crippen molar-refractivity contribution in [2.75, 3.05) is 25.4 Å². The summed E-state index contributed by atoms with van der Waals surface area (Å²) in [5.41, 5.74) is 7.99. The van der Waals surface area contributed by atoms with Crippen molar-refractivity contribution in [3.8, 4) is 5.75 Å². The van der Waals surface area contributed by atoms with Crippen LogP contribution in [0.15, 0.2) is 35.7 Å². The molecule has 3 rings (SSSR count). The van der Waals surface area contributed by atoms with Gasteiger partial charge in [-0.2, -0.15) is 0 Å². The van der Waals surface area contributed by atoms with E-state index in [1.807, 2.05) is 35.6 Å². The van der Waals surface area contributed by atoms with Gasteiger partial charge in [0.1, 0.15) is 5.75 Å². The fourth-order valence-electron chi connectivity index (χ4n) is 2.58. The number of hydrogen-bond donors (Lipinski definition) is 1. The maximum Gasteiger partial charge on any atom is 0.121 e. The Morgan fingerprint density at radius 2 is 2.25 bits per heavy atom. The fraction of sp³-hybridized carbons (Fsp3) is 0.375. The van der Waals surface area contributed by atoms with E-state index in [1.165, 1.54) is 18.5 Å². The second-order valence-electron chi connectivity index (χ2n) is 5.17. The van der Waals surface area contributed by atoms with Gasteiger partial charge in [0.2, 0.25) is 0 Å². The summed E-state index contributed by atoms with van der Waals surface area (Å²) in [6, 6.07) is 9.88. The Labute approximate surface area is 124 Å². The Morgan fingerprint density at radius 3 is 3.15 bits per heavy atom. The van der Waals surface area contributed by atoms with Gasteiger partial charge in [-0.3, -0.25) is 4.90 Å². The molecule has 2 N–H and O–H groups in total. The van der Waals surface area contributed by atoms with E-state index in [-0.39, 0.29) is 0 Å². The third-order valence-electron chi connectivity index (χ3n) is 3.63. The molecule has 0 spiro atoms. The molecule has 4 heteroatoms. The number of nitrogens with zero attached hydrogens (tertiary/aromatic N) is 1. The van der Waals surface area contributed by atoms with Crippen molar-refractivity contribution >= 4 is 17.0 Å². The molecule has 1 aliphatic heterocycles. The van der Waals surface area contributed by atoms with Crippen molar-refractivity contribution in [2.24, 2.45) is 0 Å². The first-order chi connectivity index (χ1) is 9.81. The van der Waals surface area contributed by atoms with E-state index in [0.29, 0.717) is 0 Å². The minimum absolute atomic E-state index is 0.746. The summed E-state index contributed by atoms with van der Waals surface area (Å²) in [7, 11) is 0. The number of nitrogens with two attached hydrogens (primary N) is 1. The molecule has 0 radical (unpaired) electrons. The topological polar surface area (TPSA) is 38.5 Å². The Kier molecular flexibility index (Phi) is 4.23. The van der Waals surface area contributed by atoms with Crippen molar-refractivity contribution in [3.05, 3.63) is 46.2 Å². The van der Waals surface area contributed by atoms with E-state index in [0.717, 1.165) is 37.6 Å². The summed E-state index contributed by atoms with van der Waals surface area (Å²) in [6.45, 7) is 4.11. The van der Waals surface area contributed by atoms with Crippen LogP contribution in [-0.2, 0) is 13.0 Å². The quantitative estimate of drug-likeness (QED) is 0.678. The minimum Gasteiger partial charge on any atom is -0.493 e. The number of hydrogen-bond acceptors (Lipinski definition) is 4. The van der Waals surface area contributed by atoms with E-state index in [1.54, 1.807) is 4.88 Å². The number of anilines is 1. The van der Waals surface area contributed by atoms with E-state index in [2.05, 4.69) is 16.3 Å². The molecule has 0 fully saturated rings. The molecule has 0 amide bonds. The first-order valence-corrected chi connectivity index (χ1v) is 7.95. The normalized spacial score (nSPS) is 15.0. The van der Waals surface area contributed by atoms with Gasteiger partial charge in [-0.25, -0.2) is 0 Å². The Morgan fingerprint density at radius 1 is 1.30 bits per heavy atom. The molecule has 1 aliphatic rings. The first kappa shape index (κ1) is 13.5. The number of benzene rings is 1. The number of thiophene rings is 1. The number of ether oxygens (including phenoxy) is 1. The van der Waals surface area contributed by atoms with Crippen LogP contribution in [0.1, 0.15) is 16.9 Å². The molecule has 0 unspecified atom stereocenters. The first-order valence-electron chi connectivity index (χ1n) is 7.07. The van der Waals surface area contributed by atoms with Crippen LogP contribution in [0.25, 0.3) is 0 Å². The molecular weight excluding hydrogens is 268 g/mol.